The van der Waals surface area contributed by atoms with Gasteiger partial charge in [0.05, 0.1) is 11.1 Å². The van der Waals surface area contributed by atoms with Gasteiger partial charge in [0.25, 0.3) is 5.91 Å². The molecule has 1 aliphatic heterocycles. The van der Waals surface area contributed by atoms with E-state index in [1.54, 1.807) is 30.5 Å². The van der Waals surface area contributed by atoms with Gasteiger partial charge in [-0.25, -0.2) is 4.98 Å². The van der Waals surface area contributed by atoms with Crippen molar-refractivity contribution in [2.24, 2.45) is 0 Å². The molecule has 1 amide bonds. The summed E-state index contributed by atoms with van der Waals surface area (Å²) >= 11 is 7.92. The molecule has 0 radical (unpaired) electrons. The van der Waals surface area contributed by atoms with Crippen LogP contribution in [-0.4, -0.2) is 29.4 Å². The van der Waals surface area contributed by atoms with Crippen molar-refractivity contribution in [1.29, 1.82) is 0 Å². The van der Waals surface area contributed by atoms with E-state index in [4.69, 9.17) is 11.6 Å². The summed E-state index contributed by atoms with van der Waals surface area (Å²) in [5.41, 5.74) is 1.55. The third kappa shape index (κ3) is 2.51. The number of carbonyl (C=O) groups is 1. The van der Waals surface area contributed by atoms with Gasteiger partial charge in [0.2, 0.25) is 0 Å². The normalized spacial score (nSPS) is 17.5. The van der Waals surface area contributed by atoms with E-state index in [0.29, 0.717) is 23.1 Å². The lowest BCUT2D eigenvalue weighted by Gasteiger charge is -2.33. The SMILES string of the molecule is CNc1ccc(Cl)c(C(=O)N2CCc3sccc3C2C)n1. The molecule has 3 rings (SSSR count). The van der Waals surface area contributed by atoms with Crippen molar-refractivity contribution in [3.05, 3.63) is 44.7 Å². The predicted octanol–water partition coefficient (Wildman–Crippen LogP) is 3.60. The molecule has 0 saturated heterocycles. The topological polar surface area (TPSA) is 45.2 Å². The number of anilines is 1. The number of fused-ring (bicyclic) bond motifs is 1. The lowest BCUT2D eigenvalue weighted by molar-refractivity contribution is 0.0673. The van der Waals surface area contributed by atoms with E-state index in [9.17, 15) is 4.79 Å². The summed E-state index contributed by atoms with van der Waals surface area (Å²) < 4.78 is 0. The second-order valence-corrected chi connectivity index (χ2v) is 6.41. The van der Waals surface area contributed by atoms with Crippen LogP contribution < -0.4 is 5.32 Å². The van der Waals surface area contributed by atoms with Gasteiger partial charge < -0.3 is 10.2 Å². The van der Waals surface area contributed by atoms with Crippen molar-refractivity contribution in [2.75, 3.05) is 18.9 Å². The van der Waals surface area contributed by atoms with Gasteiger partial charge in [0, 0.05) is 18.5 Å². The summed E-state index contributed by atoms with van der Waals surface area (Å²) in [4.78, 5) is 20.3. The number of hydrogen-bond donors (Lipinski definition) is 1. The highest BCUT2D eigenvalue weighted by atomic mass is 35.5. The van der Waals surface area contributed by atoms with Gasteiger partial charge in [-0.1, -0.05) is 11.6 Å². The van der Waals surface area contributed by atoms with E-state index in [2.05, 4.69) is 28.7 Å². The Morgan fingerprint density at radius 2 is 2.29 bits per heavy atom. The molecule has 2 aromatic heterocycles. The number of carbonyl (C=O) groups excluding carboxylic acids is 1. The van der Waals surface area contributed by atoms with Crippen molar-refractivity contribution in [3.8, 4) is 0 Å². The molecule has 0 aromatic carbocycles. The van der Waals surface area contributed by atoms with Crippen LogP contribution in [-0.2, 0) is 6.42 Å². The molecule has 110 valence electrons. The Hall–Kier alpha value is -1.59. The number of amides is 1. The van der Waals surface area contributed by atoms with E-state index < -0.39 is 0 Å². The zero-order valence-corrected chi connectivity index (χ0v) is 13.5. The summed E-state index contributed by atoms with van der Waals surface area (Å²) in [7, 11) is 1.77. The number of nitrogens with one attached hydrogen (secondary N) is 1. The van der Waals surface area contributed by atoms with Crippen molar-refractivity contribution in [1.82, 2.24) is 9.88 Å². The quantitative estimate of drug-likeness (QED) is 0.919. The van der Waals surface area contributed by atoms with Crippen LogP contribution in [0.2, 0.25) is 5.02 Å². The first-order chi connectivity index (χ1) is 10.1. The minimum atomic E-state index is -0.110. The minimum absolute atomic E-state index is 0.0589. The van der Waals surface area contributed by atoms with Crippen LogP contribution in [0.5, 0.6) is 0 Å². The van der Waals surface area contributed by atoms with E-state index in [1.165, 1.54) is 10.4 Å². The highest BCUT2D eigenvalue weighted by Gasteiger charge is 2.30. The Kier molecular flexibility index (Phi) is 3.87. The number of pyridine rings is 1. The van der Waals surface area contributed by atoms with E-state index in [0.717, 1.165) is 6.42 Å². The summed E-state index contributed by atoms with van der Waals surface area (Å²) in [6, 6.07) is 5.63. The van der Waals surface area contributed by atoms with Crippen LogP contribution in [0.25, 0.3) is 0 Å². The van der Waals surface area contributed by atoms with Gasteiger partial charge in [-0.2, -0.15) is 0 Å². The summed E-state index contributed by atoms with van der Waals surface area (Å²) in [6.45, 7) is 2.76. The molecule has 21 heavy (non-hydrogen) atoms. The summed E-state index contributed by atoms with van der Waals surface area (Å²) in [5, 5.41) is 5.41. The first-order valence-electron chi connectivity index (χ1n) is 6.83. The number of nitrogens with zero attached hydrogens (tertiary/aromatic N) is 2. The third-order valence-electron chi connectivity index (χ3n) is 3.84. The first-order valence-corrected chi connectivity index (χ1v) is 8.09. The second kappa shape index (κ2) is 5.66. The number of rotatable bonds is 2. The molecule has 0 aliphatic carbocycles. The van der Waals surface area contributed by atoms with Gasteiger partial charge in [0.1, 0.15) is 11.5 Å². The predicted molar refractivity (Wildman–Crippen MR) is 86.3 cm³/mol. The highest BCUT2D eigenvalue weighted by Crippen LogP contribution is 2.34. The molecule has 2 aromatic rings. The van der Waals surface area contributed by atoms with Crippen LogP contribution in [0.3, 0.4) is 0 Å². The Morgan fingerprint density at radius 3 is 3.05 bits per heavy atom. The zero-order valence-electron chi connectivity index (χ0n) is 11.9. The van der Waals surface area contributed by atoms with Gasteiger partial charge >= 0.3 is 0 Å². The third-order valence-corrected chi connectivity index (χ3v) is 5.14. The summed E-state index contributed by atoms with van der Waals surface area (Å²) in [5.74, 6) is 0.532. The van der Waals surface area contributed by atoms with Gasteiger partial charge in [-0.3, -0.25) is 4.79 Å². The van der Waals surface area contributed by atoms with Crippen LogP contribution in [0.4, 0.5) is 5.82 Å². The van der Waals surface area contributed by atoms with Crippen molar-refractivity contribution >= 4 is 34.7 Å². The maximum Gasteiger partial charge on any atom is 0.274 e. The van der Waals surface area contributed by atoms with E-state index in [-0.39, 0.29) is 11.9 Å². The molecule has 0 saturated carbocycles. The van der Waals surface area contributed by atoms with Crippen molar-refractivity contribution in [2.45, 2.75) is 19.4 Å². The van der Waals surface area contributed by atoms with Crippen LogP contribution in [0.15, 0.2) is 23.6 Å². The Morgan fingerprint density at radius 1 is 1.48 bits per heavy atom. The lowest BCUT2D eigenvalue weighted by Crippen LogP contribution is -2.38. The lowest BCUT2D eigenvalue weighted by atomic mass is 10.0. The standard InChI is InChI=1S/C15H16ClN3OS/c1-9-10-6-8-21-12(10)5-7-19(9)15(20)14-11(16)3-4-13(17-2)18-14/h3-4,6,8-9H,5,7H2,1-2H3,(H,17,18). The molecule has 0 spiro atoms. The van der Waals surface area contributed by atoms with Crippen LogP contribution in [0, 0.1) is 0 Å². The molecule has 0 bridgehead atoms. The zero-order chi connectivity index (χ0) is 15.0. The maximum atomic E-state index is 12.8. The van der Waals surface area contributed by atoms with Crippen LogP contribution >= 0.6 is 22.9 Å². The molecular weight excluding hydrogens is 306 g/mol. The fraction of sp³-hybridized carbons (Fsp3) is 0.333. The van der Waals surface area contributed by atoms with Gasteiger partial charge in [-0.05, 0) is 42.5 Å². The van der Waals surface area contributed by atoms with E-state index in [1.807, 2.05) is 4.90 Å². The van der Waals surface area contributed by atoms with Crippen LogP contribution in [0.1, 0.15) is 33.9 Å². The average Bonchev–Trinajstić information content (AvgIpc) is 2.97. The van der Waals surface area contributed by atoms with E-state index >= 15 is 0 Å². The van der Waals surface area contributed by atoms with Crippen molar-refractivity contribution < 1.29 is 4.79 Å². The fourth-order valence-electron chi connectivity index (χ4n) is 2.65. The number of halogens is 1. The number of aromatic nitrogens is 1. The average molecular weight is 322 g/mol. The van der Waals surface area contributed by atoms with Gasteiger partial charge in [-0.15, -0.1) is 11.3 Å². The molecule has 1 atom stereocenters. The molecule has 1 aliphatic rings. The largest absolute Gasteiger partial charge is 0.373 e. The highest BCUT2D eigenvalue weighted by molar-refractivity contribution is 7.10. The number of thiophene rings is 1. The molecule has 1 unspecified atom stereocenters. The monoisotopic (exact) mass is 321 g/mol. The molecular formula is C15H16ClN3OS. The Bertz CT molecular complexity index is 685. The molecule has 0 fully saturated rings. The fourth-order valence-corrected chi connectivity index (χ4v) is 3.80. The molecule has 3 heterocycles. The molecule has 4 nitrogen and oxygen atoms in total. The number of hydrogen-bond acceptors (Lipinski definition) is 4. The molecule has 6 heteroatoms. The van der Waals surface area contributed by atoms with Gasteiger partial charge in [0.15, 0.2) is 0 Å². The maximum absolute atomic E-state index is 12.8. The smallest absolute Gasteiger partial charge is 0.274 e. The second-order valence-electron chi connectivity index (χ2n) is 5.00. The Labute approximate surface area is 132 Å². The Balaban J connectivity index is 1.93. The summed E-state index contributed by atoms with van der Waals surface area (Å²) in [6.07, 6.45) is 0.895. The minimum Gasteiger partial charge on any atom is -0.373 e. The first kappa shape index (κ1) is 14.4. The van der Waals surface area contributed by atoms with Crippen molar-refractivity contribution in [3.63, 3.8) is 0 Å². The molecule has 1 N–H and O–H groups in total.